The number of fused-ring (bicyclic) bond motifs is 1. The maximum Gasteiger partial charge on any atom is 0.135 e. The van der Waals surface area contributed by atoms with Gasteiger partial charge in [-0.2, -0.15) is 0 Å². The van der Waals surface area contributed by atoms with Crippen LogP contribution in [0.2, 0.25) is 0 Å². The van der Waals surface area contributed by atoms with Crippen molar-refractivity contribution in [2.45, 2.75) is 33.1 Å². The molecular formula is C13H15BrO. The highest BCUT2D eigenvalue weighted by atomic mass is 79.9. The van der Waals surface area contributed by atoms with Crippen molar-refractivity contribution in [1.29, 1.82) is 0 Å². The molecule has 0 aliphatic rings. The molecular weight excluding hydrogens is 252 g/mol. The van der Waals surface area contributed by atoms with E-state index >= 15 is 0 Å². The third-order valence-corrected chi connectivity index (χ3v) is 3.25. The zero-order valence-electron chi connectivity index (χ0n) is 9.14. The molecule has 0 fully saturated rings. The predicted octanol–water partition coefficient (Wildman–Crippen LogP) is 4.85. The molecule has 80 valence electrons. The first-order valence-electron chi connectivity index (χ1n) is 5.40. The van der Waals surface area contributed by atoms with Gasteiger partial charge in [-0.1, -0.05) is 29.3 Å². The fourth-order valence-electron chi connectivity index (χ4n) is 1.83. The van der Waals surface area contributed by atoms with Gasteiger partial charge in [0.15, 0.2) is 0 Å². The number of unbranched alkanes of at least 4 members (excludes halogenated alkanes) is 1. The van der Waals surface area contributed by atoms with Crippen LogP contribution in [-0.4, -0.2) is 0 Å². The molecule has 0 aliphatic carbocycles. The molecule has 0 atom stereocenters. The molecule has 15 heavy (non-hydrogen) atoms. The van der Waals surface area contributed by atoms with E-state index in [1.807, 2.05) is 6.07 Å². The third-order valence-electron chi connectivity index (χ3n) is 2.76. The summed E-state index contributed by atoms with van der Waals surface area (Å²) in [5.41, 5.74) is 2.29. The lowest BCUT2D eigenvalue weighted by atomic mass is 10.1. The van der Waals surface area contributed by atoms with E-state index in [1.165, 1.54) is 23.8 Å². The van der Waals surface area contributed by atoms with Crippen molar-refractivity contribution in [2.24, 2.45) is 0 Å². The highest BCUT2D eigenvalue weighted by Crippen LogP contribution is 2.28. The Morgan fingerprint density at radius 2 is 2.13 bits per heavy atom. The van der Waals surface area contributed by atoms with Gasteiger partial charge in [0, 0.05) is 16.3 Å². The smallest absolute Gasteiger partial charge is 0.135 e. The molecule has 0 saturated heterocycles. The first kappa shape index (κ1) is 10.7. The number of hydrogen-bond donors (Lipinski definition) is 0. The summed E-state index contributed by atoms with van der Waals surface area (Å²) in [5, 5.41) is 1.24. The Bertz CT molecular complexity index is 471. The highest BCUT2D eigenvalue weighted by molar-refractivity contribution is 9.10. The Balaban J connectivity index is 2.44. The van der Waals surface area contributed by atoms with E-state index in [-0.39, 0.29) is 0 Å². The zero-order valence-corrected chi connectivity index (χ0v) is 10.7. The van der Waals surface area contributed by atoms with Crippen LogP contribution < -0.4 is 0 Å². The molecule has 1 nitrogen and oxygen atoms in total. The summed E-state index contributed by atoms with van der Waals surface area (Å²) in [6.45, 7) is 4.35. The third kappa shape index (κ3) is 2.10. The van der Waals surface area contributed by atoms with Crippen molar-refractivity contribution in [3.05, 3.63) is 34.0 Å². The van der Waals surface area contributed by atoms with E-state index in [0.717, 1.165) is 22.2 Å². The summed E-state index contributed by atoms with van der Waals surface area (Å²) >= 11 is 3.46. The molecule has 2 aromatic rings. The van der Waals surface area contributed by atoms with Gasteiger partial charge in [0.25, 0.3) is 0 Å². The first-order chi connectivity index (χ1) is 7.22. The van der Waals surface area contributed by atoms with Crippen LogP contribution >= 0.6 is 15.9 Å². The summed E-state index contributed by atoms with van der Waals surface area (Å²) in [4.78, 5) is 0. The van der Waals surface area contributed by atoms with Gasteiger partial charge in [0.1, 0.15) is 11.3 Å². The van der Waals surface area contributed by atoms with Crippen LogP contribution in [-0.2, 0) is 6.42 Å². The van der Waals surface area contributed by atoms with Gasteiger partial charge in [-0.25, -0.2) is 0 Å². The van der Waals surface area contributed by atoms with Crippen LogP contribution in [0.15, 0.2) is 27.1 Å². The highest BCUT2D eigenvalue weighted by Gasteiger charge is 2.09. The van der Waals surface area contributed by atoms with E-state index in [9.17, 15) is 0 Å². The monoisotopic (exact) mass is 266 g/mol. The van der Waals surface area contributed by atoms with Gasteiger partial charge >= 0.3 is 0 Å². The quantitative estimate of drug-likeness (QED) is 0.775. The predicted molar refractivity (Wildman–Crippen MR) is 67.3 cm³/mol. The van der Waals surface area contributed by atoms with Crippen LogP contribution in [0.25, 0.3) is 11.0 Å². The minimum absolute atomic E-state index is 0.993. The molecule has 0 radical (unpaired) electrons. The molecule has 1 heterocycles. The van der Waals surface area contributed by atoms with Gasteiger partial charge in [-0.15, -0.1) is 0 Å². The minimum atomic E-state index is 0.993. The van der Waals surface area contributed by atoms with Gasteiger partial charge in [0.05, 0.1) is 0 Å². The lowest BCUT2D eigenvalue weighted by Gasteiger charge is -1.94. The largest absolute Gasteiger partial charge is 0.461 e. The van der Waals surface area contributed by atoms with Gasteiger partial charge in [0.2, 0.25) is 0 Å². The summed E-state index contributed by atoms with van der Waals surface area (Å²) in [6.07, 6.45) is 3.46. The molecule has 2 heteroatoms. The molecule has 0 spiro atoms. The first-order valence-corrected chi connectivity index (χ1v) is 6.19. The van der Waals surface area contributed by atoms with Crippen LogP contribution in [0.5, 0.6) is 0 Å². The van der Waals surface area contributed by atoms with Crippen LogP contribution in [0.4, 0.5) is 0 Å². The fourth-order valence-corrected chi connectivity index (χ4v) is 2.17. The Kier molecular flexibility index (Phi) is 3.15. The van der Waals surface area contributed by atoms with Gasteiger partial charge < -0.3 is 4.42 Å². The molecule has 0 bridgehead atoms. The molecule has 0 amide bonds. The average molecular weight is 267 g/mol. The van der Waals surface area contributed by atoms with Crippen molar-refractivity contribution in [2.75, 3.05) is 0 Å². The number of hydrogen-bond acceptors (Lipinski definition) is 1. The van der Waals surface area contributed by atoms with Crippen molar-refractivity contribution < 1.29 is 4.42 Å². The molecule has 2 rings (SSSR count). The molecule has 1 aromatic carbocycles. The lowest BCUT2D eigenvalue weighted by Crippen LogP contribution is -1.83. The second kappa shape index (κ2) is 4.40. The number of furan rings is 1. The number of rotatable bonds is 3. The normalized spacial score (nSPS) is 11.1. The average Bonchev–Trinajstić information content (AvgIpc) is 2.52. The van der Waals surface area contributed by atoms with E-state index in [4.69, 9.17) is 4.42 Å². The minimum Gasteiger partial charge on any atom is -0.461 e. The van der Waals surface area contributed by atoms with Gasteiger partial charge in [-0.05, 0) is 37.1 Å². The Labute approximate surface area is 98.6 Å². The standard InChI is InChI=1S/C13H15BrO/c1-3-4-5-12-9(2)11-7-6-10(14)8-13(11)15-12/h6-8H,3-5H2,1-2H3. The lowest BCUT2D eigenvalue weighted by molar-refractivity contribution is 0.533. The molecule has 1 aromatic heterocycles. The summed E-state index contributed by atoms with van der Waals surface area (Å²) in [7, 11) is 0. The maximum atomic E-state index is 5.85. The van der Waals surface area contributed by atoms with E-state index < -0.39 is 0 Å². The van der Waals surface area contributed by atoms with E-state index in [0.29, 0.717) is 0 Å². The summed E-state index contributed by atoms with van der Waals surface area (Å²) < 4.78 is 6.93. The number of halogens is 1. The molecule has 0 unspecified atom stereocenters. The second-order valence-electron chi connectivity index (χ2n) is 3.89. The fraction of sp³-hybridized carbons (Fsp3) is 0.385. The van der Waals surface area contributed by atoms with Crippen molar-refractivity contribution >= 4 is 26.9 Å². The SMILES string of the molecule is CCCCc1oc2cc(Br)ccc2c1C. The van der Waals surface area contributed by atoms with Crippen LogP contribution in [0.3, 0.4) is 0 Å². The number of benzene rings is 1. The molecule has 0 saturated carbocycles. The van der Waals surface area contributed by atoms with Crippen molar-refractivity contribution in [3.8, 4) is 0 Å². The Hall–Kier alpha value is -0.760. The maximum absolute atomic E-state index is 5.85. The number of aryl methyl sites for hydroxylation is 2. The molecule has 0 aliphatic heterocycles. The summed E-state index contributed by atoms with van der Waals surface area (Å²) in [5.74, 6) is 1.14. The topological polar surface area (TPSA) is 13.1 Å². The Morgan fingerprint density at radius 1 is 1.33 bits per heavy atom. The van der Waals surface area contributed by atoms with Crippen LogP contribution in [0.1, 0.15) is 31.1 Å². The summed E-state index contributed by atoms with van der Waals surface area (Å²) in [6, 6.07) is 6.22. The van der Waals surface area contributed by atoms with Gasteiger partial charge in [-0.3, -0.25) is 0 Å². The van der Waals surface area contributed by atoms with E-state index in [1.54, 1.807) is 0 Å². The van der Waals surface area contributed by atoms with E-state index in [2.05, 4.69) is 41.9 Å². The second-order valence-corrected chi connectivity index (χ2v) is 4.81. The Morgan fingerprint density at radius 3 is 2.87 bits per heavy atom. The molecule has 0 N–H and O–H groups in total. The van der Waals surface area contributed by atoms with Crippen LogP contribution in [0, 0.1) is 6.92 Å². The zero-order chi connectivity index (χ0) is 10.8. The van der Waals surface area contributed by atoms with Crippen molar-refractivity contribution in [3.63, 3.8) is 0 Å². The van der Waals surface area contributed by atoms with Crippen molar-refractivity contribution in [1.82, 2.24) is 0 Å².